The zero-order valence-electron chi connectivity index (χ0n) is 47.3. The normalized spacial score (nSPS) is 13.7. The third-order valence-corrected chi connectivity index (χ3v) is 15.1. The maximum Gasteiger partial charge on any atom is 0.249 e. The maximum absolute atomic E-state index is 12.6. The van der Waals surface area contributed by atoms with E-state index in [-0.39, 0.29) is 0 Å². The van der Waals surface area contributed by atoms with Crippen LogP contribution in [0.4, 0.5) is 0 Å². The molecule has 0 saturated carbocycles. The molecular formula is C64H125NO5. The fourth-order valence-corrected chi connectivity index (χ4v) is 10.2. The molecule has 0 bridgehead atoms. The van der Waals surface area contributed by atoms with E-state index in [0.29, 0.717) is 12.8 Å². The summed E-state index contributed by atoms with van der Waals surface area (Å²) in [6, 6.07) is -1.01. The lowest BCUT2D eigenvalue weighted by molar-refractivity contribution is -0.132. The molecule has 0 saturated heterocycles. The van der Waals surface area contributed by atoms with Crippen molar-refractivity contribution in [3.05, 3.63) is 24.3 Å². The third kappa shape index (κ3) is 51.7. The predicted octanol–water partition coefficient (Wildman–Crippen LogP) is 19.0. The van der Waals surface area contributed by atoms with Crippen molar-refractivity contribution in [3.8, 4) is 0 Å². The Kier molecular flexibility index (Phi) is 57.7. The molecule has 0 aliphatic rings. The van der Waals surface area contributed by atoms with E-state index < -0.39 is 36.9 Å². The van der Waals surface area contributed by atoms with Crippen molar-refractivity contribution >= 4 is 5.91 Å². The first kappa shape index (κ1) is 68.8. The monoisotopic (exact) mass is 988 g/mol. The Bertz CT molecular complexity index is 1060. The SMILES string of the molecule is CCCCCCCCCCCCCC/C=C\CCCCCCCCC(O)C(=O)NC(CO)C(O)C(O)CCC/C=C/CCCCCCCCCCCCCCCCCCCCCCCCCCCCC. The first-order chi connectivity index (χ1) is 34.5. The molecule has 0 fully saturated rings. The zero-order chi connectivity index (χ0) is 50.9. The number of amides is 1. The summed E-state index contributed by atoms with van der Waals surface area (Å²) >= 11 is 0. The highest BCUT2D eigenvalue weighted by Crippen LogP contribution is 2.18. The molecule has 0 aromatic carbocycles. The Morgan fingerprint density at radius 2 is 0.586 bits per heavy atom. The number of hydrogen-bond acceptors (Lipinski definition) is 5. The number of carbonyl (C=O) groups excluding carboxylic acids is 1. The van der Waals surface area contributed by atoms with Crippen LogP contribution in [0, 0.1) is 0 Å². The average Bonchev–Trinajstić information content (AvgIpc) is 3.36. The average molecular weight is 989 g/mol. The Labute approximate surface area is 437 Å². The van der Waals surface area contributed by atoms with Gasteiger partial charge in [-0.25, -0.2) is 0 Å². The second kappa shape index (κ2) is 58.7. The molecule has 416 valence electrons. The van der Waals surface area contributed by atoms with Gasteiger partial charge in [-0.1, -0.05) is 308 Å². The molecule has 0 aromatic rings. The molecule has 4 atom stereocenters. The number of carbonyl (C=O) groups is 1. The number of unbranched alkanes of at least 4 members (excludes halogenated alkanes) is 46. The second-order valence-electron chi connectivity index (χ2n) is 22.1. The third-order valence-electron chi connectivity index (χ3n) is 15.1. The first-order valence-corrected chi connectivity index (χ1v) is 31.7. The van der Waals surface area contributed by atoms with Crippen LogP contribution in [0.25, 0.3) is 0 Å². The quantitative estimate of drug-likeness (QED) is 0.0308. The summed E-state index contributed by atoms with van der Waals surface area (Å²) in [6.07, 6.45) is 72.8. The van der Waals surface area contributed by atoms with Crippen LogP contribution in [-0.2, 0) is 4.79 Å². The van der Waals surface area contributed by atoms with Gasteiger partial charge in [0.1, 0.15) is 12.2 Å². The Morgan fingerprint density at radius 1 is 0.343 bits per heavy atom. The number of aliphatic hydroxyl groups is 4. The summed E-state index contributed by atoms with van der Waals surface area (Å²) < 4.78 is 0. The summed E-state index contributed by atoms with van der Waals surface area (Å²) in [5.41, 5.74) is 0. The van der Waals surface area contributed by atoms with Gasteiger partial charge in [-0.05, 0) is 64.2 Å². The summed E-state index contributed by atoms with van der Waals surface area (Å²) in [7, 11) is 0. The van der Waals surface area contributed by atoms with E-state index in [9.17, 15) is 25.2 Å². The predicted molar refractivity (Wildman–Crippen MR) is 307 cm³/mol. The van der Waals surface area contributed by atoms with E-state index in [1.807, 2.05) is 0 Å². The standard InChI is InChI=1S/C64H125NO5/c1-3-5-7-9-11-13-15-17-19-21-23-25-27-28-29-30-31-32-33-34-35-36-38-39-41-43-45-47-49-51-53-55-57-61(67)63(69)60(59-66)65-64(70)62(68)58-56-54-52-50-48-46-44-42-40-37-26-24-22-20-18-16-14-12-10-8-6-4-2/h40,42,49,51,60-63,66-69H,3-39,41,43-48,50,52-59H2,1-2H3,(H,65,70)/b42-40-,51-49+. The van der Waals surface area contributed by atoms with Crippen molar-refractivity contribution < 1.29 is 25.2 Å². The molecule has 0 aromatic heterocycles. The molecule has 0 aliphatic carbocycles. The molecular weight excluding hydrogens is 863 g/mol. The molecule has 0 heterocycles. The fraction of sp³-hybridized carbons (Fsp3) is 0.922. The van der Waals surface area contributed by atoms with Gasteiger partial charge >= 0.3 is 0 Å². The summed E-state index contributed by atoms with van der Waals surface area (Å²) in [4.78, 5) is 12.6. The molecule has 0 rings (SSSR count). The van der Waals surface area contributed by atoms with Gasteiger partial charge in [-0.2, -0.15) is 0 Å². The largest absolute Gasteiger partial charge is 0.394 e. The number of nitrogens with one attached hydrogen (secondary N) is 1. The van der Waals surface area contributed by atoms with Crippen molar-refractivity contribution in [2.75, 3.05) is 6.61 Å². The van der Waals surface area contributed by atoms with Crippen LogP contribution in [0.15, 0.2) is 24.3 Å². The number of allylic oxidation sites excluding steroid dienone is 4. The highest BCUT2D eigenvalue weighted by atomic mass is 16.3. The molecule has 4 unspecified atom stereocenters. The van der Waals surface area contributed by atoms with E-state index in [0.717, 1.165) is 44.9 Å². The Morgan fingerprint density at radius 3 is 0.857 bits per heavy atom. The molecule has 1 amide bonds. The van der Waals surface area contributed by atoms with Crippen LogP contribution in [0.5, 0.6) is 0 Å². The Balaban J connectivity index is 3.59. The fourth-order valence-electron chi connectivity index (χ4n) is 10.2. The number of aliphatic hydroxyl groups excluding tert-OH is 4. The van der Waals surface area contributed by atoms with E-state index in [1.54, 1.807) is 0 Å². The van der Waals surface area contributed by atoms with Crippen LogP contribution in [0.2, 0.25) is 0 Å². The zero-order valence-corrected chi connectivity index (χ0v) is 47.3. The molecule has 5 N–H and O–H groups in total. The van der Waals surface area contributed by atoms with Crippen molar-refractivity contribution in [2.45, 2.75) is 372 Å². The summed E-state index contributed by atoms with van der Waals surface area (Å²) in [5, 5.41) is 44.1. The van der Waals surface area contributed by atoms with Crippen molar-refractivity contribution in [1.82, 2.24) is 5.32 Å². The topological polar surface area (TPSA) is 110 Å². The highest BCUT2D eigenvalue weighted by Gasteiger charge is 2.28. The van der Waals surface area contributed by atoms with Crippen molar-refractivity contribution in [1.29, 1.82) is 0 Å². The smallest absolute Gasteiger partial charge is 0.249 e. The van der Waals surface area contributed by atoms with Gasteiger partial charge < -0.3 is 25.7 Å². The molecule has 6 nitrogen and oxygen atoms in total. The molecule has 6 heteroatoms. The number of hydrogen-bond donors (Lipinski definition) is 5. The minimum atomic E-state index is -1.28. The molecule has 0 aliphatic heterocycles. The van der Waals surface area contributed by atoms with Gasteiger partial charge in [-0.15, -0.1) is 0 Å². The van der Waals surface area contributed by atoms with Crippen LogP contribution in [-0.4, -0.2) is 57.3 Å². The summed E-state index contributed by atoms with van der Waals surface area (Å²) in [6.45, 7) is 4.09. The lowest BCUT2D eigenvalue weighted by Crippen LogP contribution is -2.53. The molecule has 0 radical (unpaired) electrons. The molecule has 70 heavy (non-hydrogen) atoms. The van der Waals surface area contributed by atoms with E-state index in [1.165, 1.54) is 276 Å². The minimum absolute atomic E-state index is 0.358. The van der Waals surface area contributed by atoms with Gasteiger partial charge in [0.2, 0.25) is 5.91 Å². The van der Waals surface area contributed by atoms with E-state index >= 15 is 0 Å². The minimum Gasteiger partial charge on any atom is -0.394 e. The lowest BCUT2D eigenvalue weighted by atomic mass is 10.00. The first-order valence-electron chi connectivity index (χ1n) is 31.7. The van der Waals surface area contributed by atoms with E-state index in [2.05, 4.69) is 43.5 Å². The second-order valence-corrected chi connectivity index (χ2v) is 22.1. The maximum atomic E-state index is 12.6. The number of rotatable bonds is 59. The van der Waals surface area contributed by atoms with Crippen molar-refractivity contribution in [2.24, 2.45) is 0 Å². The van der Waals surface area contributed by atoms with Crippen LogP contribution in [0.1, 0.15) is 348 Å². The van der Waals surface area contributed by atoms with Gasteiger partial charge in [-0.3, -0.25) is 4.79 Å². The van der Waals surface area contributed by atoms with Gasteiger partial charge in [0.15, 0.2) is 0 Å². The van der Waals surface area contributed by atoms with Crippen molar-refractivity contribution in [3.63, 3.8) is 0 Å². The molecule has 0 spiro atoms. The van der Waals surface area contributed by atoms with Gasteiger partial charge in [0.05, 0.1) is 18.8 Å². The van der Waals surface area contributed by atoms with Crippen LogP contribution >= 0.6 is 0 Å². The summed E-state index contributed by atoms with van der Waals surface area (Å²) in [5.74, 6) is -0.593. The van der Waals surface area contributed by atoms with Crippen LogP contribution in [0.3, 0.4) is 0 Å². The van der Waals surface area contributed by atoms with Crippen LogP contribution < -0.4 is 5.32 Å². The highest BCUT2D eigenvalue weighted by molar-refractivity contribution is 5.80. The van der Waals surface area contributed by atoms with E-state index in [4.69, 9.17) is 0 Å². The van der Waals surface area contributed by atoms with Gasteiger partial charge in [0, 0.05) is 0 Å². The van der Waals surface area contributed by atoms with Gasteiger partial charge in [0.25, 0.3) is 0 Å². The lowest BCUT2D eigenvalue weighted by Gasteiger charge is -2.27. The Hall–Kier alpha value is -1.21.